The molecule has 0 fully saturated rings. The Morgan fingerprint density at radius 1 is 1.21 bits per heavy atom. The van der Waals surface area contributed by atoms with Crippen LogP contribution in [0.25, 0.3) is 0 Å². The van der Waals surface area contributed by atoms with Crippen LogP contribution in [0.1, 0.15) is 29.9 Å². The molecular weight excluding hydrogens is 377 g/mol. The Kier molecular flexibility index (Phi) is 5.04. The van der Waals surface area contributed by atoms with Gasteiger partial charge in [-0.25, -0.2) is 9.07 Å². The average Bonchev–Trinajstić information content (AvgIpc) is 3.11. The van der Waals surface area contributed by atoms with Gasteiger partial charge < -0.3 is 10.7 Å². The highest BCUT2D eigenvalue weighted by Crippen LogP contribution is 2.37. The third kappa shape index (κ3) is 3.47. The van der Waals surface area contributed by atoms with E-state index < -0.39 is 11.1 Å². The van der Waals surface area contributed by atoms with Gasteiger partial charge in [0.15, 0.2) is 5.82 Å². The fourth-order valence-corrected chi connectivity index (χ4v) is 4.22. The van der Waals surface area contributed by atoms with Crippen molar-refractivity contribution in [1.29, 1.82) is 0 Å². The second-order valence-corrected chi connectivity index (χ2v) is 7.72. The first-order chi connectivity index (χ1) is 13.6. The van der Waals surface area contributed by atoms with Crippen LogP contribution in [0, 0.1) is 12.7 Å². The standard InChI is InChI=1S/C20H20FN5OS/c1-3-16-23-24-20-26(16)25-17(13-10-8-12(2)9-11-13)18(28-20)19(27)22-15-7-5-4-6-14(15)21/h4-11,17-18,25H,3H2,1-2H3,(H,22,27). The second-order valence-electron chi connectivity index (χ2n) is 6.61. The highest BCUT2D eigenvalue weighted by atomic mass is 32.2. The molecule has 0 saturated heterocycles. The van der Waals surface area contributed by atoms with Crippen molar-refractivity contribution in [1.82, 2.24) is 14.9 Å². The Balaban J connectivity index is 1.68. The number of rotatable bonds is 4. The molecule has 2 unspecified atom stereocenters. The summed E-state index contributed by atoms with van der Waals surface area (Å²) in [5.41, 5.74) is 5.65. The van der Waals surface area contributed by atoms with E-state index in [0.29, 0.717) is 11.6 Å². The van der Waals surface area contributed by atoms with Crippen molar-refractivity contribution >= 4 is 23.4 Å². The molecule has 2 atom stereocenters. The van der Waals surface area contributed by atoms with E-state index in [-0.39, 0.29) is 17.6 Å². The minimum atomic E-state index is -0.538. The van der Waals surface area contributed by atoms with Crippen LogP contribution in [-0.4, -0.2) is 26.0 Å². The maximum absolute atomic E-state index is 14.0. The lowest BCUT2D eigenvalue weighted by Crippen LogP contribution is -2.41. The van der Waals surface area contributed by atoms with E-state index in [1.807, 2.05) is 42.8 Å². The Morgan fingerprint density at radius 2 is 1.96 bits per heavy atom. The predicted molar refractivity (Wildman–Crippen MR) is 107 cm³/mol. The van der Waals surface area contributed by atoms with E-state index in [1.54, 1.807) is 18.2 Å². The van der Waals surface area contributed by atoms with Crippen LogP contribution >= 0.6 is 11.8 Å². The van der Waals surface area contributed by atoms with Gasteiger partial charge in [-0.05, 0) is 24.6 Å². The number of nitrogens with zero attached hydrogens (tertiary/aromatic N) is 3. The largest absolute Gasteiger partial charge is 0.323 e. The van der Waals surface area contributed by atoms with Crippen molar-refractivity contribution < 1.29 is 9.18 Å². The summed E-state index contributed by atoms with van der Waals surface area (Å²) in [5.74, 6) is 0.0426. The van der Waals surface area contributed by atoms with E-state index in [9.17, 15) is 9.18 Å². The van der Waals surface area contributed by atoms with Crippen molar-refractivity contribution in [2.24, 2.45) is 0 Å². The molecule has 144 valence electrons. The lowest BCUT2D eigenvalue weighted by Gasteiger charge is -2.33. The summed E-state index contributed by atoms with van der Waals surface area (Å²) < 4.78 is 15.8. The van der Waals surface area contributed by atoms with Gasteiger partial charge in [0.2, 0.25) is 11.1 Å². The number of benzene rings is 2. The monoisotopic (exact) mass is 397 g/mol. The number of fused-ring (bicyclic) bond motifs is 1. The number of para-hydroxylation sites is 1. The third-order valence-corrected chi connectivity index (χ3v) is 5.86. The lowest BCUT2D eigenvalue weighted by molar-refractivity contribution is -0.116. The Hall–Kier alpha value is -2.87. The summed E-state index contributed by atoms with van der Waals surface area (Å²) in [7, 11) is 0. The van der Waals surface area contributed by atoms with Gasteiger partial charge in [-0.1, -0.05) is 60.6 Å². The molecule has 1 amide bonds. The van der Waals surface area contributed by atoms with Crippen LogP contribution in [-0.2, 0) is 11.2 Å². The molecule has 1 aliphatic heterocycles. The van der Waals surface area contributed by atoms with Crippen LogP contribution in [0.4, 0.5) is 10.1 Å². The van der Waals surface area contributed by atoms with Gasteiger partial charge in [0.1, 0.15) is 11.1 Å². The Labute approximate surface area is 166 Å². The first-order valence-electron chi connectivity index (χ1n) is 9.06. The van der Waals surface area contributed by atoms with Gasteiger partial charge >= 0.3 is 0 Å². The molecule has 2 aromatic carbocycles. The molecule has 0 bridgehead atoms. The topological polar surface area (TPSA) is 71.8 Å². The number of anilines is 1. The van der Waals surface area contributed by atoms with E-state index in [0.717, 1.165) is 17.0 Å². The van der Waals surface area contributed by atoms with Crippen LogP contribution in [0.15, 0.2) is 53.7 Å². The molecule has 0 radical (unpaired) electrons. The maximum atomic E-state index is 14.0. The number of amides is 1. The number of hydrogen-bond acceptors (Lipinski definition) is 5. The first-order valence-corrected chi connectivity index (χ1v) is 9.94. The van der Waals surface area contributed by atoms with Gasteiger partial charge in [0.05, 0.1) is 11.7 Å². The zero-order chi connectivity index (χ0) is 19.7. The van der Waals surface area contributed by atoms with Gasteiger partial charge in [0, 0.05) is 6.42 Å². The summed E-state index contributed by atoms with van der Waals surface area (Å²) in [6.45, 7) is 4.02. The Morgan fingerprint density at radius 3 is 2.68 bits per heavy atom. The molecule has 4 rings (SSSR count). The number of hydrogen-bond donors (Lipinski definition) is 2. The molecule has 0 spiro atoms. The zero-order valence-corrected chi connectivity index (χ0v) is 16.3. The molecule has 28 heavy (non-hydrogen) atoms. The van der Waals surface area contributed by atoms with E-state index >= 15 is 0 Å². The maximum Gasteiger partial charge on any atom is 0.240 e. The molecule has 0 aliphatic carbocycles. The number of nitrogens with one attached hydrogen (secondary N) is 2. The number of carbonyl (C=O) groups excluding carboxylic acids is 1. The zero-order valence-electron chi connectivity index (χ0n) is 15.5. The number of carbonyl (C=O) groups is 1. The van der Waals surface area contributed by atoms with Crippen LogP contribution in [0.5, 0.6) is 0 Å². The number of aryl methyl sites for hydroxylation is 2. The molecule has 6 nitrogen and oxygen atoms in total. The van der Waals surface area contributed by atoms with Crippen LogP contribution < -0.4 is 10.7 Å². The highest BCUT2D eigenvalue weighted by molar-refractivity contribution is 8.00. The number of thioether (sulfide) groups is 1. The molecule has 8 heteroatoms. The van der Waals surface area contributed by atoms with Crippen molar-refractivity contribution in [2.75, 3.05) is 10.7 Å². The summed E-state index contributed by atoms with van der Waals surface area (Å²) >= 11 is 1.33. The lowest BCUT2D eigenvalue weighted by atomic mass is 10.0. The molecule has 0 saturated carbocycles. The third-order valence-electron chi connectivity index (χ3n) is 4.65. The van der Waals surface area contributed by atoms with Gasteiger partial charge in [-0.2, -0.15) is 0 Å². The van der Waals surface area contributed by atoms with Crippen molar-refractivity contribution in [3.8, 4) is 0 Å². The second kappa shape index (κ2) is 7.63. The van der Waals surface area contributed by atoms with Gasteiger partial charge in [0.25, 0.3) is 0 Å². The molecule has 3 aromatic rings. The normalized spacial score (nSPS) is 18.2. The van der Waals surface area contributed by atoms with Gasteiger partial charge in [-0.15, -0.1) is 10.2 Å². The highest BCUT2D eigenvalue weighted by Gasteiger charge is 2.37. The molecule has 1 aromatic heterocycles. The van der Waals surface area contributed by atoms with Crippen molar-refractivity contribution in [3.63, 3.8) is 0 Å². The number of aromatic nitrogens is 3. The Bertz CT molecular complexity index is 1000. The quantitative estimate of drug-likeness (QED) is 0.703. The number of halogens is 1. The van der Waals surface area contributed by atoms with Crippen molar-refractivity contribution in [3.05, 3.63) is 71.3 Å². The summed E-state index contributed by atoms with van der Waals surface area (Å²) in [4.78, 5) is 13.1. The van der Waals surface area contributed by atoms with Crippen molar-refractivity contribution in [2.45, 2.75) is 36.7 Å². The minimum absolute atomic E-state index is 0.164. The molecule has 2 N–H and O–H groups in total. The predicted octanol–water partition coefficient (Wildman–Crippen LogP) is 3.69. The molecule has 1 aliphatic rings. The average molecular weight is 397 g/mol. The molecular formula is C20H20FN5OS. The fourth-order valence-electron chi connectivity index (χ4n) is 3.12. The molecule has 2 heterocycles. The van der Waals surface area contributed by atoms with Crippen LogP contribution in [0.2, 0.25) is 0 Å². The summed E-state index contributed by atoms with van der Waals surface area (Å²) in [5, 5.41) is 11.2. The summed E-state index contributed by atoms with van der Waals surface area (Å²) in [6, 6.07) is 13.8. The SMILES string of the molecule is CCc1nnc2n1NC(c1ccc(C)cc1)C(C(=O)Nc1ccccc1F)S2. The van der Waals surface area contributed by atoms with E-state index in [4.69, 9.17) is 0 Å². The smallest absolute Gasteiger partial charge is 0.240 e. The first kappa shape index (κ1) is 18.5. The summed E-state index contributed by atoms with van der Waals surface area (Å²) in [6.07, 6.45) is 0.716. The van der Waals surface area contributed by atoms with Gasteiger partial charge in [-0.3, -0.25) is 4.79 Å². The fraction of sp³-hybridized carbons (Fsp3) is 0.250. The van der Waals surface area contributed by atoms with E-state index in [1.165, 1.54) is 17.8 Å². The minimum Gasteiger partial charge on any atom is -0.323 e. The van der Waals surface area contributed by atoms with E-state index in [2.05, 4.69) is 20.9 Å². The van der Waals surface area contributed by atoms with Crippen LogP contribution in [0.3, 0.4) is 0 Å².